The highest BCUT2D eigenvalue weighted by molar-refractivity contribution is 7.79. The predicted octanol–water partition coefficient (Wildman–Crippen LogP) is 3.89. The zero-order valence-electron chi connectivity index (χ0n) is 11.6. The summed E-state index contributed by atoms with van der Waals surface area (Å²) in [4.78, 5) is 21.0. The Labute approximate surface area is 137 Å². The van der Waals surface area contributed by atoms with Gasteiger partial charge in [-0.15, -0.1) is 11.3 Å². The number of nitrogens with one attached hydrogen (secondary N) is 1. The van der Waals surface area contributed by atoms with Crippen LogP contribution in [0.1, 0.15) is 15.9 Å². The highest BCUT2D eigenvalue weighted by atomic mass is 32.1. The van der Waals surface area contributed by atoms with Crippen LogP contribution in [0.2, 0.25) is 0 Å². The molecule has 0 aliphatic carbocycles. The summed E-state index contributed by atoms with van der Waals surface area (Å²) in [5, 5.41) is 5.26. The van der Waals surface area contributed by atoms with Crippen molar-refractivity contribution in [3.8, 4) is 11.4 Å². The highest BCUT2D eigenvalue weighted by Crippen LogP contribution is 2.24. The lowest BCUT2D eigenvalue weighted by molar-refractivity contribution is 0.102. The fourth-order valence-corrected chi connectivity index (χ4v) is 2.98. The summed E-state index contributed by atoms with van der Waals surface area (Å²) in [7, 11) is 0. The number of nitrogens with zero attached hydrogens (tertiary/aromatic N) is 2. The second-order valence-corrected chi connectivity index (χ2v) is 5.70. The first-order chi connectivity index (χ1) is 10.8. The molecule has 1 aromatic carbocycles. The summed E-state index contributed by atoms with van der Waals surface area (Å²) in [6.07, 6.45) is 1.72. The van der Waals surface area contributed by atoms with E-state index in [0.29, 0.717) is 16.4 Å². The van der Waals surface area contributed by atoms with Crippen molar-refractivity contribution in [2.75, 3.05) is 5.32 Å². The molecule has 2 aromatic heterocycles. The predicted molar refractivity (Wildman–Crippen MR) is 92.4 cm³/mol. The lowest BCUT2D eigenvalue weighted by atomic mass is 10.1. The summed E-state index contributed by atoms with van der Waals surface area (Å²) in [6, 6.07) is 13.1. The first-order valence-corrected chi connectivity index (χ1v) is 8.16. The van der Waals surface area contributed by atoms with Gasteiger partial charge in [-0.25, -0.2) is 4.98 Å². The zero-order chi connectivity index (χ0) is 15.4. The summed E-state index contributed by atoms with van der Waals surface area (Å²) >= 11 is 5.63. The summed E-state index contributed by atoms with van der Waals surface area (Å²) in [5.74, 6) is 0.340. The lowest BCUT2D eigenvalue weighted by Crippen LogP contribution is -2.13. The molecule has 0 unspecified atom stereocenters. The molecule has 0 saturated heterocycles. The SMILES string of the molecule is O=C(Nc1nc(-c2ccccn2)cs1)c1ccccc1CS. The highest BCUT2D eigenvalue weighted by Gasteiger charge is 2.12. The molecule has 1 amide bonds. The lowest BCUT2D eigenvalue weighted by Gasteiger charge is -2.06. The number of rotatable bonds is 4. The smallest absolute Gasteiger partial charge is 0.257 e. The number of hydrogen-bond acceptors (Lipinski definition) is 5. The summed E-state index contributed by atoms with van der Waals surface area (Å²) in [6.45, 7) is 0. The van der Waals surface area contributed by atoms with Crippen LogP contribution in [0.25, 0.3) is 11.4 Å². The van der Waals surface area contributed by atoms with Gasteiger partial charge in [-0.05, 0) is 23.8 Å². The van der Waals surface area contributed by atoms with Gasteiger partial charge >= 0.3 is 0 Å². The van der Waals surface area contributed by atoms with E-state index in [0.717, 1.165) is 17.0 Å². The van der Waals surface area contributed by atoms with E-state index in [1.807, 2.05) is 41.8 Å². The van der Waals surface area contributed by atoms with E-state index in [9.17, 15) is 4.79 Å². The fourth-order valence-electron chi connectivity index (χ4n) is 2.01. The summed E-state index contributed by atoms with van der Waals surface area (Å²) in [5.41, 5.74) is 3.05. The number of aromatic nitrogens is 2. The molecule has 110 valence electrons. The number of thiol groups is 1. The van der Waals surface area contributed by atoms with Crippen LogP contribution in [0.15, 0.2) is 54.0 Å². The largest absolute Gasteiger partial charge is 0.298 e. The number of hydrogen-bond donors (Lipinski definition) is 2. The molecule has 0 aliphatic heterocycles. The quantitative estimate of drug-likeness (QED) is 0.715. The zero-order valence-corrected chi connectivity index (χ0v) is 13.3. The second kappa shape index (κ2) is 6.72. The molecule has 3 aromatic rings. The van der Waals surface area contributed by atoms with Gasteiger partial charge in [0, 0.05) is 22.9 Å². The van der Waals surface area contributed by atoms with Gasteiger partial charge in [0.1, 0.15) is 5.69 Å². The van der Waals surface area contributed by atoms with Gasteiger partial charge in [-0.1, -0.05) is 24.3 Å². The van der Waals surface area contributed by atoms with E-state index >= 15 is 0 Å². The van der Waals surface area contributed by atoms with Crippen molar-refractivity contribution in [2.45, 2.75) is 5.75 Å². The Kier molecular flexibility index (Phi) is 4.50. The van der Waals surface area contributed by atoms with E-state index in [4.69, 9.17) is 0 Å². The Morgan fingerprint density at radius 1 is 1.14 bits per heavy atom. The topological polar surface area (TPSA) is 54.9 Å². The van der Waals surface area contributed by atoms with Crippen molar-refractivity contribution >= 4 is 35.0 Å². The van der Waals surface area contributed by atoms with Gasteiger partial charge in [0.05, 0.1) is 5.69 Å². The van der Waals surface area contributed by atoms with Crippen molar-refractivity contribution in [1.29, 1.82) is 0 Å². The maximum Gasteiger partial charge on any atom is 0.257 e. The molecule has 1 N–H and O–H groups in total. The Morgan fingerprint density at radius 3 is 2.73 bits per heavy atom. The average molecular weight is 327 g/mol. The monoisotopic (exact) mass is 327 g/mol. The fraction of sp³-hybridized carbons (Fsp3) is 0.0625. The van der Waals surface area contributed by atoms with Crippen LogP contribution in [0.5, 0.6) is 0 Å². The van der Waals surface area contributed by atoms with Crippen molar-refractivity contribution < 1.29 is 4.79 Å². The van der Waals surface area contributed by atoms with Gasteiger partial charge < -0.3 is 0 Å². The van der Waals surface area contributed by atoms with Gasteiger partial charge in [-0.3, -0.25) is 15.1 Å². The number of anilines is 1. The molecule has 22 heavy (non-hydrogen) atoms. The van der Waals surface area contributed by atoms with Crippen molar-refractivity contribution in [3.05, 3.63) is 65.2 Å². The Morgan fingerprint density at radius 2 is 1.95 bits per heavy atom. The first-order valence-electron chi connectivity index (χ1n) is 6.65. The molecule has 0 bridgehead atoms. The molecule has 3 rings (SSSR count). The van der Waals surface area contributed by atoms with E-state index in [1.165, 1.54) is 11.3 Å². The number of pyridine rings is 1. The normalized spacial score (nSPS) is 10.4. The van der Waals surface area contributed by atoms with Crippen LogP contribution >= 0.6 is 24.0 Å². The standard InChI is InChI=1S/C16H13N3OS2/c20-15(12-6-2-1-5-11(12)9-21)19-16-18-14(10-22-16)13-7-3-4-8-17-13/h1-8,10,21H,9H2,(H,18,19,20). The number of carbonyl (C=O) groups excluding carboxylic acids is 1. The number of amides is 1. The van der Waals surface area contributed by atoms with E-state index in [2.05, 4.69) is 27.9 Å². The van der Waals surface area contributed by atoms with Crippen LogP contribution in [-0.4, -0.2) is 15.9 Å². The third-order valence-electron chi connectivity index (χ3n) is 3.08. The van der Waals surface area contributed by atoms with Crippen LogP contribution in [0, 0.1) is 0 Å². The van der Waals surface area contributed by atoms with Gasteiger partial charge in [0.25, 0.3) is 5.91 Å². The molecule has 6 heteroatoms. The molecule has 4 nitrogen and oxygen atoms in total. The van der Waals surface area contributed by atoms with Crippen LogP contribution < -0.4 is 5.32 Å². The average Bonchev–Trinajstić information content (AvgIpc) is 3.04. The van der Waals surface area contributed by atoms with Crippen molar-refractivity contribution in [3.63, 3.8) is 0 Å². The molecule has 2 heterocycles. The Hall–Kier alpha value is -2.18. The van der Waals surface area contributed by atoms with Crippen molar-refractivity contribution in [1.82, 2.24) is 9.97 Å². The van der Waals surface area contributed by atoms with Crippen molar-refractivity contribution in [2.24, 2.45) is 0 Å². The number of thiazole rings is 1. The number of benzene rings is 1. The maximum absolute atomic E-state index is 12.3. The Balaban J connectivity index is 1.79. The molecular weight excluding hydrogens is 314 g/mol. The molecule has 0 atom stereocenters. The summed E-state index contributed by atoms with van der Waals surface area (Å²) < 4.78 is 0. The third-order valence-corrected chi connectivity index (χ3v) is 4.18. The minimum atomic E-state index is -0.174. The molecule has 0 fully saturated rings. The van der Waals surface area contributed by atoms with Gasteiger partial charge in [-0.2, -0.15) is 12.6 Å². The maximum atomic E-state index is 12.3. The number of carbonyl (C=O) groups is 1. The molecule has 0 spiro atoms. The minimum absolute atomic E-state index is 0.174. The molecule has 0 saturated carbocycles. The van der Waals surface area contributed by atoms with Crippen LogP contribution in [0.3, 0.4) is 0 Å². The molecule has 0 aliphatic rings. The van der Waals surface area contributed by atoms with Crippen LogP contribution in [-0.2, 0) is 5.75 Å². The van der Waals surface area contributed by atoms with E-state index in [1.54, 1.807) is 12.3 Å². The minimum Gasteiger partial charge on any atom is -0.298 e. The third kappa shape index (κ3) is 3.18. The van der Waals surface area contributed by atoms with Gasteiger partial charge in [0.2, 0.25) is 0 Å². The molecular formula is C16H13N3OS2. The second-order valence-electron chi connectivity index (χ2n) is 4.52. The Bertz CT molecular complexity index is 787. The van der Waals surface area contributed by atoms with E-state index in [-0.39, 0.29) is 5.91 Å². The van der Waals surface area contributed by atoms with E-state index < -0.39 is 0 Å². The van der Waals surface area contributed by atoms with Gasteiger partial charge in [0.15, 0.2) is 5.13 Å². The molecule has 0 radical (unpaired) electrons. The van der Waals surface area contributed by atoms with Crippen LogP contribution in [0.4, 0.5) is 5.13 Å². The first kappa shape index (κ1) is 14.7.